The number of benzene rings is 1. The number of hydrogen-bond acceptors (Lipinski definition) is 3. The third-order valence-electron chi connectivity index (χ3n) is 5.01. The van der Waals surface area contributed by atoms with Gasteiger partial charge in [-0.3, -0.25) is 14.8 Å². The van der Waals surface area contributed by atoms with E-state index in [0.717, 1.165) is 32.5 Å². The van der Waals surface area contributed by atoms with E-state index in [4.69, 9.17) is 0 Å². The lowest BCUT2D eigenvalue weighted by Gasteiger charge is -2.46. The maximum Gasteiger partial charge on any atom is 0.0480 e. The molecule has 0 aliphatic carbocycles. The van der Waals surface area contributed by atoms with Gasteiger partial charge in [-0.05, 0) is 50.2 Å². The van der Waals surface area contributed by atoms with E-state index in [0.29, 0.717) is 0 Å². The first-order valence-corrected chi connectivity index (χ1v) is 8.05. The number of piperidine rings is 1. The van der Waals surface area contributed by atoms with Gasteiger partial charge in [0, 0.05) is 37.6 Å². The number of likely N-dealkylation sites (tertiary alicyclic amines) is 1. The van der Waals surface area contributed by atoms with Gasteiger partial charge in [0.2, 0.25) is 0 Å². The van der Waals surface area contributed by atoms with Crippen molar-refractivity contribution >= 4 is 0 Å². The van der Waals surface area contributed by atoms with Crippen molar-refractivity contribution in [2.24, 2.45) is 0 Å². The Labute approximate surface area is 133 Å². The van der Waals surface area contributed by atoms with Gasteiger partial charge in [0.05, 0.1) is 0 Å². The molecule has 1 fully saturated rings. The Morgan fingerprint density at radius 3 is 2.23 bits per heavy atom. The summed E-state index contributed by atoms with van der Waals surface area (Å²) in [5, 5.41) is 0. The maximum absolute atomic E-state index is 4.17. The molecule has 1 aliphatic heterocycles. The van der Waals surface area contributed by atoms with E-state index in [2.05, 4.69) is 71.3 Å². The predicted molar refractivity (Wildman–Crippen MR) is 90.6 cm³/mol. The normalized spacial score (nSPS) is 18.5. The first-order chi connectivity index (χ1) is 10.7. The van der Waals surface area contributed by atoms with Crippen LogP contribution >= 0.6 is 0 Å². The van der Waals surface area contributed by atoms with Gasteiger partial charge in [-0.25, -0.2) is 0 Å². The Morgan fingerprint density at radius 1 is 1.00 bits per heavy atom. The summed E-state index contributed by atoms with van der Waals surface area (Å²) in [6.45, 7) is 3.32. The quantitative estimate of drug-likeness (QED) is 0.864. The van der Waals surface area contributed by atoms with Gasteiger partial charge >= 0.3 is 0 Å². The van der Waals surface area contributed by atoms with Crippen LogP contribution in [0.3, 0.4) is 0 Å². The van der Waals surface area contributed by atoms with Crippen LogP contribution in [-0.4, -0.2) is 42.0 Å². The molecule has 0 bridgehead atoms. The Balaban J connectivity index is 1.71. The van der Waals surface area contributed by atoms with Crippen LogP contribution in [0.1, 0.15) is 24.0 Å². The smallest absolute Gasteiger partial charge is 0.0480 e. The van der Waals surface area contributed by atoms with Crippen molar-refractivity contribution in [1.29, 1.82) is 0 Å². The highest BCUT2D eigenvalue weighted by Gasteiger charge is 2.37. The Morgan fingerprint density at radius 2 is 1.64 bits per heavy atom. The molecule has 0 unspecified atom stereocenters. The molecule has 116 valence electrons. The summed E-state index contributed by atoms with van der Waals surface area (Å²) in [6.07, 6.45) is 6.15. The highest BCUT2D eigenvalue weighted by atomic mass is 15.2. The maximum atomic E-state index is 4.17. The third-order valence-corrected chi connectivity index (χ3v) is 5.01. The first-order valence-electron chi connectivity index (χ1n) is 8.05. The second-order valence-corrected chi connectivity index (χ2v) is 6.42. The molecule has 1 saturated heterocycles. The van der Waals surface area contributed by atoms with E-state index in [1.54, 1.807) is 0 Å². The summed E-state index contributed by atoms with van der Waals surface area (Å²) in [5.41, 5.74) is 2.95. The summed E-state index contributed by atoms with van der Waals surface area (Å²) in [5.74, 6) is 0. The molecule has 1 aromatic carbocycles. The van der Waals surface area contributed by atoms with E-state index in [1.807, 2.05) is 12.4 Å². The average Bonchev–Trinajstić information content (AvgIpc) is 2.57. The van der Waals surface area contributed by atoms with Crippen molar-refractivity contribution in [3.05, 3.63) is 66.0 Å². The lowest BCUT2D eigenvalue weighted by molar-refractivity contribution is 0.0506. The number of pyridine rings is 1. The second kappa shape index (κ2) is 6.59. The van der Waals surface area contributed by atoms with Gasteiger partial charge in [-0.1, -0.05) is 30.3 Å². The second-order valence-electron chi connectivity index (χ2n) is 6.42. The van der Waals surface area contributed by atoms with E-state index in [1.165, 1.54) is 11.1 Å². The standard InChI is InChI=1S/C19H25N3/c1-21(2)19(18-8-12-20-13-9-18)10-14-22(15-11-19)16-17-6-4-3-5-7-17/h3-9,12-13H,10-11,14-16H2,1-2H3. The zero-order valence-corrected chi connectivity index (χ0v) is 13.6. The summed E-state index contributed by atoms with van der Waals surface area (Å²) in [4.78, 5) is 9.13. The molecule has 0 spiro atoms. The lowest BCUT2D eigenvalue weighted by Crippen LogP contribution is -2.50. The molecule has 22 heavy (non-hydrogen) atoms. The van der Waals surface area contributed by atoms with Gasteiger partial charge in [0.1, 0.15) is 0 Å². The van der Waals surface area contributed by atoms with Gasteiger partial charge in [-0.2, -0.15) is 0 Å². The van der Waals surface area contributed by atoms with Crippen LogP contribution in [0.5, 0.6) is 0 Å². The van der Waals surface area contributed by atoms with Gasteiger partial charge < -0.3 is 0 Å². The molecule has 3 rings (SSSR count). The summed E-state index contributed by atoms with van der Waals surface area (Å²) >= 11 is 0. The van der Waals surface area contributed by atoms with Crippen LogP contribution in [0.15, 0.2) is 54.9 Å². The van der Waals surface area contributed by atoms with Gasteiger partial charge in [-0.15, -0.1) is 0 Å². The molecule has 1 aliphatic rings. The number of aromatic nitrogens is 1. The molecule has 2 aromatic rings. The summed E-state index contributed by atoms with van der Waals surface area (Å²) in [6, 6.07) is 15.1. The number of hydrogen-bond donors (Lipinski definition) is 0. The zero-order valence-electron chi connectivity index (χ0n) is 13.6. The molecule has 0 amide bonds. The fraction of sp³-hybridized carbons (Fsp3) is 0.421. The molecule has 3 nitrogen and oxygen atoms in total. The fourth-order valence-electron chi connectivity index (χ4n) is 3.58. The van der Waals surface area contributed by atoms with Crippen molar-refractivity contribution in [2.75, 3.05) is 27.2 Å². The molecule has 1 aromatic heterocycles. The van der Waals surface area contributed by atoms with Crippen molar-refractivity contribution < 1.29 is 0 Å². The summed E-state index contributed by atoms with van der Waals surface area (Å²) < 4.78 is 0. The van der Waals surface area contributed by atoms with E-state index >= 15 is 0 Å². The highest BCUT2D eigenvalue weighted by molar-refractivity contribution is 5.23. The molecular weight excluding hydrogens is 270 g/mol. The van der Waals surface area contributed by atoms with Crippen LogP contribution in [0.25, 0.3) is 0 Å². The Bertz CT molecular complexity index is 572. The van der Waals surface area contributed by atoms with Gasteiger partial charge in [0.25, 0.3) is 0 Å². The van der Waals surface area contributed by atoms with Crippen LogP contribution in [0.4, 0.5) is 0 Å². The fourth-order valence-corrected chi connectivity index (χ4v) is 3.58. The van der Waals surface area contributed by atoms with Crippen LogP contribution in [0, 0.1) is 0 Å². The SMILES string of the molecule is CN(C)C1(c2ccncc2)CCN(Cc2ccccc2)CC1. The minimum Gasteiger partial charge on any atom is -0.300 e. The lowest BCUT2D eigenvalue weighted by atomic mass is 9.80. The summed E-state index contributed by atoms with van der Waals surface area (Å²) in [7, 11) is 4.40. The monoisotopic (exact) mass is 295 g/mol. The minimum absolute atomic E-state index is 0.149. The van der Waals surface area contributed by atoms with E-state index in [-0.39, 0.29) is 5.54 Å². The highest BCUT2D eigenvalue weighted by Crippen LogP contribution is 2.37. The molecule has 2 heterocycles. The number of rotatable bonds is 4. The van der Waals surface area contributed by atoms with Crippen molar-refractivity contribution in [1.82, 2.24) is 14.8 Å². The Kier molecular flexibility index (Phi) is 4.55. The zero-order chi connectivity index (χ0) is 15.4. The molecule has 3 heteroatoms. The van der Waals surface area contributed by atoms with Crippen molar-refractivity contribution in [3.63, 3.8) is 0 Å². The first kappa shape index (κ1) is 15.2. The van der Waals surface area contributed by atoms with Crippen LogP contribution < -0.4 is 0 Å². The van der Waals surface area contributed by atoms with Crippen molar-refractivity contribution in [3.8, 4) is 0 Å². The van der Waals surface area contributed by atoms with Crippen molar-refractivity contribution in [2.45, 2.75) is 24.9 Å². The molecule has 0 radical (unpaired) electrons. The average molecular weight is 295 g/mol. The molecule has 0 saturated carbocycles. The minimum atomic E-state index is 0.149. The molecule has 0 N–H and O–H groups in total. The number of nitrogens with zero attached hydrogens (tertiary/aromatic N) is 3. The largest absolute Gasteiger partial charge is 0.300 e. The van der Waals surface area contributed by atoms with Gasteiger partial charge in [0.15, 0.2) is 0 Å². The molecule has 0 atom stereocenters. The Hall–Kier alpha value is -1.71. The topological polar surface area (TPSA) is 19.4 Å². The molecular formula is C19H25N3. The van der Waals surface area contributed by atoms with Crippen LogP contribution in [0.2, 0.25) is 0 Å². The van der Waals surface area contributed by atoms with Crippen LogP contribution in [-0.2, 0) is 12.1 Å². The van der Waals surface area contributed by atoms with E-state index in [9.17, 15) is 0 Å². The third kappa shape index (κ3) is 3.06. The predicted octanol–water partition coefficient (Wildman–Crippen LogP) is 3.13. The van der Waals surface area contributed by atoms with E-state index < -0.39 is 0 Å².